The number of nitrogens with zero attached hydrogens (tertiary/aromatic N) is 3. The lowest BCUT2D eigenvalue weighted by Crippen LogP contribution is -2.57. The highest BCUT2D eigenvalue weighted by Gasteiger charge is 2.34. The minimum absolute atomic E-state index is 0.120. The molecule has 44 heavy (non-hydrogen) atoms. The van der Waals surface area contributed by atoms with Crippen LogP contribution in [-0.4, -0.2) is 89.9 Å². The van der Waals surface area contributed by atoms with Gasteiger partial charge in [0, 0.05) is 37.2 Å². The van der Waals surface area contributed by atoms with E-state index in [2.05, 4.69) is 15.6 Å². The van der Waals surface area contributed by atoms with Gasteiger partial charge in [-0.05, 0) is 51.1 Å². The molecule has 2 heterocycles. The van der Waals surface area contributed by atoms with E-state index in [-0.39, 0.29) is 67.2 Å². The molecule has 1 aliphatic rings. The Morgan fingerprint density at radius 3 is 2.55 bits per heavy atom. The highest BCUT2D eigenvalue weighted by atomic mass is 32.1. The molecule has 12 nitrogen and oxygen atoms in total. The normalized spacial score (nSPS) is 17.4. The van der Waals surface area contributed by atoms with E-state index in [1.54, 1.807) is 12.3 Å². The SMILES string of the molecule is CCC(C)[C@H](NC(=O)[C@H]1CCCCN1C)C(=O)N(CCCc1nc(C(=O)NCC[C@H](C)C(N)=O)cs1)COC(=O)CC(C)C. The molecule has 0 aliphatic carbocycles. The van der Waals surface area contributed by atoms with Gasteiger partial charge in [0.25, 0.3) is 5.91 Å². The number of rotatable bonds is 18. The number of aryl methyl sites for hydroxylation is 1. The average molecular weight is 637 g/mol. The Labute approximate surface area is 265 Å². The van der Waals surface area contributed by atoms with E-state index in [4.69, 9.17) is 10.5 Å². The lowest BCUT2D eigenvalue weighted by molar-refractivity contribution is -0.155. The molecule has 248 valence electrons. The molecule has 2 rings (SSSR count). The number of carbonyl (C=O) groups excluding carboxylic acids is 5. The van der Waals surface area contributed by atoms with Gasteiger partial charge in [0.15, 0.2) is 6.73 Å². The van der Waals surface area contributed by atoms with E-state index in [0.717, 1.165) is 30.8 Å². The monoisotopic (exact) mass is 636 g/mol. The van der Waals surface area contributed by atoms with Crippen molar-refractivity contribution in [2.75, 3.05) is 33.4 Å². The number of thiazole rings is 1. The van der Waals surface area contributed by atoms with Crippen molar-refractivity contribution in [3.8, 4) is 0 Å². The van der Waals surface area contributed by atoms with Crippen molar-refractivity contribution >= 4 is 40.9 Å². The number of piperidine rings is 1. The number of ether oxygens (including phenoxy) is 1. The lowest BCUT2D eigenvalue weighted by Gasteiger charge is -2.35. The fourth-order valence-electron chi connectivity index (χ4n) is 4.90. The second kappa shape index (κ2) is 18.7. The van der Waals surface area contributed by atoms with Crippen LogP contribution in [0.25, 0.3) is 0 Å². The Morgan fingerprint density at radius 1 is 1.18 bits per heavy atom. The number of carbonyl (C=O) groups is 5. The molecular formula is C31H52N6O6S. The summed E-state index contributed by atoms with van der Waals surface area (Å²) in [6.07, 6.45) is 5.16. The summed E-state index contributed by atoms with van der Waals surface area (Å²) in [5, 5.41) is 8.20. The molecule has 1 fully saturated rings. The van der Waals surface area contributed by atoms with Gasteiger partial charge < -0.3 is 26.0 Å². The van der Waals surface area contributed by atoms with Crippen molar-refractivity contribution in [1.29, 1.82) is 0 Å². The van der Waals surface area contributed by atoms with E-state index in [9.17, 15) is 24.0 Å². The first-order valence-electron chi connectivity index (χ1n) is 15.8. The first-order chi connectivity index (χ1) is 20.8. The van der Waals surface area contributed by atoms with Crippen molar-refractivity contribution in [3.05, 3.63) is 16.1 Å². The van der Waals surface area contributed by atoms with E-state index in [1.165, 1.54) is 16.2 Å². The molecule has 0 spiro atoms. The third-order valence-corrected chi connectivity index (χ3v) is 8.98. The molecule has 1 unspecified atom stereocenters. The fourth-order valence-corrected chi connectivity index (χ4v) is 5.72. The van der Waals surface area contributed by atoms with Crippen LogP contribution in [0.2, 0.25) is 0 Å². The molecule has 1 aliphatic heterocycles. The maximum absolute atomic E-state index is 13.9. The molecule has 4 atom stereocenters. The van der Waals surface area contributed by atoms with E-state index < -0.39 is 11.9 Å². The summed E-state index contributed by atoms with van der Waals surface area (Å²) in [5.41, 5.74) is 5.56. The maximum atomic E-state index is 13.9. The second-order valence-corrected chi connectivity index (χ2v) is 13.2. The summed E-state index contributed by atoms with van der Waals surface area (Å²) in [7, 11) is 1.93. The summed E-state index contributed by atoms with van der Waals surface area (Å²) in [5.74, 6) is -1.90. The molecule has 1 saturated heterocycles. The van der Waals surface area contributed by atoms with Gasteiger partial charge in [-0.1, -0.05) is 47.5 Å². The van der Waals surface area contributed by atoms with Crippen molar-refractivity contribution in [2.45, 2.75) is 98.1 Å². The number of likely N-dealkylation sites (N-methyl/N-ethyl adjacent to an activating group) is 1. The van der Waals surface area contributed by atoms with E-state index >= 15 is 0 Å². The molecule has 13 heteroatoms. The summed E-state index contributed by atoms with van der Waals surface area (Å²) < 4.78 is 5.50. The van der Waals surface area contributed by atoms with Crippen molar-refractivity contribution < 1.29 is 28.7 Å². The van der Waals surface area contributed by atoms with Gasteiger partial charge in [0.1, 0.15) is 11.7 Å². The van der Waals surface area contributed by atoms with E-state index in [0.29, 0.717) is 37.9 Å². The second-order valence-electron chi connectivity index (χ2n) is 12.3. The Kier molecular flexibility index (Phi) is 15.8. The Hall–Kier alpha value is -3.06. The zero-order valence-corrected chi connectivity index (χ0v) is 28.0. The average Bonchev–Trinajstić information content (AvgIpc) is 3.45. The van der Waals surface area contributed by atoms with Gasteiger partial charge in [-0.3, -0.25) is 28.9 Å². The molecule has 0 radical (unpaired) electrons. The van der Waals surface area contributed by atoms with Crippen LogP contribution in [0.1, 0.15) is 95.1 Å². The van der Waals surface area contributed by atoms with Crippen LogP contribution in [0.5, 0.6) is 0 Å². The largest absolute Gasteiger partial charge is 0.444 e. The molecule has 0 aromatic carbocycles. The van der Waals surface area contributed by atoms with Crippen LogP contribution < -0.4 is 16.4 Å². The van der Waals surface area contributed by atoms with Gasteiger partial charge in [-0.25, -0.2) is 4.98 Å². The smallest absolute Gasteiger partial charge is 0.307 e. The number of hydrogen-bond acceptors (Lipinski definition) is 9. The number of esters is 1. The molecule has 1 aromatic rings. The quantitative estimate of drug-likeness (QED) is 0.164. The highest BCUT2D eigenvalue weighted by molar-refractivity contribution is 7.09. The highest BCUT2D eigenvalue weighted by Crippen LogP contribution is 2.18. The molecule has 1 aromatic heterocycles. The predicted octanol–water partition coefficient (Wildman–Crippen LogP) is 2.71. The summed E-state index contributed by atoms with van der Waals surface area (Å²) in [4.78, 5) is 71.2. The number of likely N-dealkylation sites (tertiary alicyclic amines) is 1. The number of primary amides is 1. The van der Waals surface area contributed by atoms with Crippen LogP contribution in [0.3, 0.4) is 0 Å². The van der Waals surface area contributed by atoms with Crippen molar-refractivity contribution in [1.82, 2.24) is 25.4 Å². The Balaban J connectivity index is 2.07. The Bertz CT molecular complexity index is 1110. The topological polar surface area (TPSA) is 164 Å². The molecule has 4 amide bonds. The third-order valence-electron chi connectivity index (χ3n) is 8.07. The fraction of sp³-hybridized carbons (Fsp3) is 0.742. The lowest BCUT2D eigenvalue weighted by atomic mass is 9.96. The van der Waals surface area contributed by atoms with Gasteiger partial charge >= 0.3 is 5.97 Å². The van der Waals surface area contributed by atoms with Gasteiger partial charge in [0.2, 0.25) is 17.7 Å². The number of hydrogen-bond donors (Lipinski definition) is 3. The predicted molar refractivity (Wildman–Crippen MR) is 170 cm³/mol. The summed E-state index contributed by atoms with van der Waals surface area (Å²) >= 11 is 1.35. The van der Waals surface area contributed by atoms with Gasteiger partial charge in [0.05, 0.1) is 11.0 Å². The van der Waals surface area contributed by atoms with Crippen molar-refractivity contribution in [2.24, 2.45) is 23.5 Å². The minimum atomic E-state index is -0.751. The molecular weight excluding hydrogens is 584 g/mol. The van der Waals surface area contributed by atoms with Crippen LogP contribution in [0.4, 0.5) is 0 Å². The first kappa shape index (κ1) is 37.1. The first-order valence-corrected chi connectivity index (χ1v) is 16.7. The van der Waals surface area contributed by atoms with Gasteiger partial charge in [-0.15, -0.1) is 11.3 Å². The number of amides is 4. The third kappa shape index (κ3) is 12.1. The standard InChI is InChI=1S/C31H52N6O6S/c1-7-21(4)27(35-30(41)24-11-8-9-15-36(24)6)31(42)37(19-43-26(38)17-20(2)3)16-10-12-25-34-23(18-44-25)29(40)33-14-13-22(5)28(32)39/h18,20-22,24,27H,7-17,19H2,1-6H3,(H2,32,39)(H,33,40)(H,35,41)/t21?,22-,24+,27-/m0/s1. The number of aromatic nitrogens is 1. The zero-order valence-electron chi connectivity index (χ0n) is 27.2. The van der Waals surface area contributed by atoms with Crippen molar-refractivity contribution in [3.63, 3.8) is 0 Å². The van der Waals surface area contributed by atoms with Crippen LogP contribution in [0, 0.1) is 17.8 Å². The zero-order chi connectivity index (χ0) is 32.8. The molecule has 4 N–H and O–H groups in total. The maximum Gasteiger partial charge on any atom is 0.307 e. The summed E-state index contributed by atoms with van der Waals surface area (Å²) in [6, 6.07) is -1.03. The van der Waals surface area contributed by atoms with Crippen LogP contribution in [-0.2, 0) is 30.3 Å². The van der Waals surface area contributed by atoms with Crippen LogP contribution in [0.15, 0.2) is 5.38 Å². The Morgan fingerprint density at radius 2 is 1.91 bits per heavy atom. The minimum Gasteiger partial charge on any atom is -0.444 e. The summed E-state index contributed by atoms with van der Waals surface area (Å²) in [6.45, 7) is 10.7. The molecule has 0 bridgehead atoms. The number of nitrogens with two attached hydrogens (primary N) is 1. The molecule has 0 saturated carbocycles. The van der Waals surface area contributed by atoms with Gasteiger partial charge in [-0.2, -0.15) is 0 Å². The number of nitrogens with one attached hydrogen (secondary N) is 2. The van der Waals surface area contributed by atoms with E-state index in [1.807, 2.05) is 39.6 Å². The van der Waals surface area contributed by atoms with Crippen LogP contribution >= 0.6 is 11.3 Å².